The summed E-state index contributed by atoms with van der Waals surface area (Å²) in [5.74, 6) is -0.162. The highest BCUT2D eigenvalue weighted by molar-refractivity contribution is 8.05. The van der Waals surface area contributed by atoms with Crippen LogP contribution >= 0.6 is 11.8 Å². The van der Waals surface area contributed by atoms with Gasteiger partial charge in [-0.1, -0.05) is 23.9 Å². The average Bonchev–Trinajstić information content (AvgIpc) is 3.16. The van der Waals surface area contributed by atoms with Gasteiger partial charge in [0.15, 0.2) is 5.50 Å². The number of hydrogen-bond acceptors (Lipinski definition) is 7. The summed E-state index contributed by atoms with van der Waals surface area (Å²) in [6, 6.07) is 9.96. The molecule has 2 saturated heterocycles. The van der Waals surface area contributed by atoms with Crippen LogP contribution in [0.1, 0.15) is 17.3 Å². The molecule has 2 aliphatic rings. The lowest BCUT2D eigenvalue weighted by molar-refractivity contribution is -0.384. The van der Waals surface area contributed by atoms with E-state index in [9.17, 15) is 14.9 Å². The van der Waals surface area contributed by atoms with E-state index in [2.05, 4.69) is 15.7 Å². The third-order valence-corrected chi connectivity index (χ3v) is 5.01. The lowest BCUT2D eigenvalue weighted by atomic mass is 10.2. The van der Waals surface area contributed by atoms with Crippen molar-refractivity contribution in [1.29, 1.82) is 0 Å². The van der Waals surface area contributed by atoms with Gasteiger partial charge in [-0.2, -0.15) is 0 Å². The fraction of sp³-hybridized carbons (Fsp3) is 0.125. The molecule has 1 aromatic heterocycles. The summed E-state index contributed by atoms with van der Waals surface area (Å²) in [4.78, 5) is 27.5. The Morgan fingerprint density at radius 3 is 2.80 bits per heavy atom. The van der Waals surface area contributed by atoms with E-state index in [0.29, 0.717) is 10.5 Å². The van der Waals surface area contributed by atoms with E-state index >= 15 is 0 Å². The van der Waals surface area contributed by atoms with Gasteiger partial charge >= 0.3 is 0 Å². The summed E-state index contributed by atoms with van der Waals surface area (Å²) >= 11 is 1.38. The topological polar surface area (TPSA) is 100 Å². The maximum Gasteiger partial charge on any atom is 0.276 e. The number of carbonyl (C=O) groups excluding carboxylic acids is 1. The minimum absolute atomic E-state index is 0.000651. The fourth-order valence-electron chi connectivity index (χ4n) is 2.70. The molecule has 2 aromatic rings. The molecule has 25 heavy (non-hydrogen) atoms. The SMILES string of the molecule is O=C1/C(=C/c2cccc([N+](=O)[O-])c2)SC2NC(c3ccncc3)NN12. The number of benzene rings is 1. The minimum Gasteiger partial charge on any atom is -0.267 e. The number of thioether (sulfide) groups is 1. The van der Waals surface area contributed by atoms with E-state index in [1.54, 1.807) is 35.6 Å². The lowest BCUT2D eigenvalue weighted by Gasteiger charge is -2.13. The Labute approximate surface area is 147 Å². The molecular formula is C16H13N5O3S. The van der Waals surface area contributed by atoms with Crippen molar-refractivity contribution in [2.75, 3.05) is 0 Å². The van der Waals surface area contributed by atoms with Crippen molar-refractivity contribution in [2.45, 2.75) is 11.7 Å². The van der Waals surface area contributed by atoms with Gasteiger partial charge in [0, 0.05) is 24.5 Å². The number of hydrogen-bond donors (Lipinski definition) is 2. The van der Waals surface area contributed by atoms with Crippen molar-refractivity contribution in [2.24, 2.45) is 0 Å². The Morgan fingerprint density at radius 2 is 2.08 bits per heavy atom. The zero-order valence-corrected chi connectivity index (χ0v) is 13.6. The fourth-order valence-corrected chi connectivity index (χ4v) is 3.81. The van der Waals surface area contributed by atoms with E-state index < -0.39 is 4.92 Å². The van der Waals surface area contributed by atoms with E-state index in [-0.39, 0.29) is 23.3 Å². The zero-order chi connectivity index (χ0) is 17.4. The van der Waals surface area contributed by atoms with Crippen LogP contribution < -0.4 is 10.7 Å². The molecule has 2 fully saturated rings. The predicted octanol–water partition coefficient (Wildman–Crippen LogP) is 2.00. The van der Waals surface area contributed by atoms with Gasteiger partial charge in [-0.05, 0) is 29.3 Å². The van der Waals surface area contributed by atoms with Gasteiger partial charge in [-0.25, -0.2) is 10.4 Å². The Morgan fingerprint density at radius 1 is 1.28 bits per heavy atom. The van der Waals surface area contributed by atoms with Crippen LogP contribution in [0.3, 0.4) is 0 Å². The minimum atomic E-state index is -0.452. The summed E-state index contributed by atoms with van der Waals surface area (Å²) in [5.41, 5.74) is 4.52. The first-order chi connectivity index (χ1) is 12.1. The largest absolute Gasteiger partial charge is 0.276 e. The third-order valence-electron chi connectivity index (χ3n) is 3.90. The van der Waals surface area contributed by atoms with Crippen LogP contribution in [0.25, 0.3) is 6.08 Å². The Bertz CT molecular complexity index is 873. The van der Waals surface area contributed by atoms with Gasteiger partial charge in [0.25, 0.3) is 11.6 Å². The van der Waals surface area contributed by atoms with E-state index in [1.165, 1.54) is 23.9 Å². The third kappa shape index (κ3) is 3.00. The van der Waals surface area contributed by atoms with Gasteiger partial charge < -0.3 is 0 Å². The second kappa shape index (κ2) is 6.28. The standard InChI is InChI=1S/C16H13N5O3S/c22-15-13(9-10-2-1-3-12(8-10)21(23)24)25-16-18-14(19-20(15)16)11-4-6-17-7-5-11/h1-9,14,16,18-19H/b13-9-. The second-order valence-corrected chi connectivity index (χ2v) is 6.64. The predicted molar refractivity (Wildman–Crippen MR) is 92.5 cm³/mol. The van der Waals surface area contributed by atoms with E-state index in [4.69, 9.17) is 0 Å². The molecule has 0 bridgehead atoms. The molecule has 9 heteroatoms. The molecule has 2 aliphatic heterocycles. The van der Waals surface area contributed by atoms with Gasteiger partial charge in [0.1, 0.15) is 6.17 Å². The number of hydrazine groups is 1. The molecule has 0 radical (unpaired) electrons. The number of aromatic nitrogens is 1. The monoisotopic (exact) mass is 355 g/mol. The van der Waals surface area contributed by atoms with Crippen molar-refractivity contribution in [3.8, 4) is 0 Å². The zero-order valence-electron chi connectivity index (χ0n) is 12.8. The highest BCUT2D eigenvalue weighted by Crippen LogP contribution is 2.38. The van der Waals surface area contributed by atoms with E-state index in [1.807, 2.05) is 12.1 Å². The molecule has 1 amide bonds. The molecule has 4 rings (SSSR count). The summed E-state index contributed by atoms with van der Waals surface area (Å²) in [6.45, 7) is 0. The summed E-state index contributed by atoms with van der Waals surface area (Å²) in [5, 5.41) is 15.7. The summed E-state index contributed by atoms with van der Waals surface area (Å²) in [6.07, 6.45) is 4.90. The molecule has 0 spiro atoms. The molecule has 0 aliphatic carbocycles. The normalized spacial score (nSPS) is 23.9. The molecule has 8 nitrogen and oxygen atoms in total. The maximum absolute atomic E-state index is 12.6. The maximum atomic E-state index is 12.6. The highest BCUT2D eigenvalue weighted by atomic mass is 32.2. The smallest absolute Gasteiger partial charge is 0.267 e. The number of pyridine rings is 1. The van der Waals surface area contributed by atoms with Crippen LogP contribution in [0.5, 0.6) is 0 Å². The lowest BCUT2D eigenvalue weighted by Crippen LogP contribution is -2.37. The van der Waals surface area contributed by atoms with Crippen LogP contribution in [0, 0.1) is 10.1 Å². The number of amides is 1. The van der Waals surface area contributed by atoms with Crippen molar-refractivity contribution < 1.29 is 9.72 Å². The second-order valence-electron chi connectivity index (χ2n) is 5.52. The number of nitrogens with one attached hydrogen (secondary N) is 2. The van der Waals surface area contributed by atoms with E-state index in [0.717, 1.165) is 5.56 Å². The van der Waals surface area contributed by atoms with Gasteiger partial charge in [0.05, 0.1) is 9.83 Å². The van der Waals surface area contributed by atoms with Crippen molar-refractivity contribution in [3.05, 3.63) is 74.9 Å². The number of nitro benzene ring substituents is 1. The Balaban J connectivity index is 1.52. The number of non-ortho nitro benzene ring substituents is 1. The van der Waals surface area contributed by atoms with Crippen LogP contribution in [-0.2, 0) is 4.79 Å². The van der Waals surface area contributed by atoms with Gasteiger partial charge in [0.2, 0.25) is 0 Å². The number of rotatable bonds is 3. The molecular weight excluding hydrogens is 342 g/mol. The molecule has 126 valence electrons. The molecule has 2 N–H and O–H groups in total. The van der Waals surface area contributed by atoms with Crippen LogP contribution in [0.15, 0.2) is 53.7 Å². The summed E-state index contributed by atoms with van der Waals surface area (Å²) < 4.78 is 0. The number of nitro groups is 1. The Kier molecular flexibility index (Phi) is 3.96. The first-order valence-electron chi connectivity index (χ1n) is 7.50. The van der Waals surface area contributed by atoms with Crippen molar-refractivity contribution in [3.63, 3.8) is 0 Å². The molecule has 2 atom stereocenters. The highest BCUT2D eigenvalue weighted by Gasteiger charge is 2.43. The van der Waals surface area contributed by atoms with Crippen LogP contribution in [0.4, 0.5) is 5.69 Å². The summed E-state index contributed by atoms with van der Waals surface area (Å²) in [7, 11) is 0. The average molecular weight is 355 g/mol. The molecule has 2 unspecified atom stereocenters. The number of carbonyl (C=O) groups is 1. The van der Waals surface area contributed by atoms with Gasteiger partial charge in [-0.3, -0.25) is 25.2 Å². The van der Waals surface area contributed by atoms with Crippen LogP contribution in [-0.4, -0.2) is 26.3 Å². The Hall–Kier alpha value is -2.75. The number of fused-ring (bicyclic) bond motifs is 1. The molecule has 0 saturated carbocycles. The van der Waals surface area contributed by atoms with Crippen LogP contribution in [0.2, 0.25) is 0 Å². The quantitative estimate of drug-likeness (QED) is 0.493. The number of nitrogens with zero attached hydrogens (tertiary/aromatic N) is 3. The molecule has 3 heterocycles. The first kappa shape index (κ1) is 15.8. The van der Waals surface area contributed by atoms with Crippen molar-refractivity contribution >= 4 is 29.4 Å². The first-order valence-corrected chi connectivity index (χ1v) is 8.38. The molecule has 1 aromatic carbocycles. The van der Waals surface area contributed by atoms with Crippen molar-refractivity contribution in [1.82, 2.24) is 20.7 Å². The van der Waals surface area contributed by atoms with Gasteiger partial charge in [-0.15, -0.1) is 0 Å².